The monoisotopic (exact) mass is 247 g/mol. The van der Waals surface area contributed by atoms with E-state index in [1.165, 1.54) is 11.1 Å². The van der Waals surface area contributed by atoms with E-state index in [1.54, 1.807) is 0 Å². The molecule has 18 heavy (non-hydrogen) atoms. The molecule has 1 aromatic rings. The molecule has 0 amide bonds. The lowest BCUT2D eigenvalue weighted by Gasteiger charge is -2.30. The Morgan fingerprint density at radius 1 is 1.00 bits per heavy atom. The van der Waals surface area contributed by atoms with Crippen LogP contribution in [0.3, 0.4) is 0 Å². The summed E-state index contributed by atoms with van der Waals surface area (Å²) < 4.78 is 0. The summed E-state index contributed by atoms with van der Waals surface area (Å²) in [5, 5.41) is 9.54. The van der Waals surface area contributed by atoms with Gasteiger partial charge in [-0.1, -0.05) is 38.1 Å². The first kappa shape index (κ1) is 13.6. The van der Waals surface area contributed by atoms with Crippen molar-refractivity contribution in [1.82, 2.24) is 0 Å². The molecule has 1 fully saturated rings. The average Bonchev–Trinajstić information content (AvgIpc) is 2.39. The molecule has 0 heterocycles. The Morgan fingerprint density at radius 2 is 1.50 bits per heavy atom. The van der Waals surface area contributed by atoms with E-state index in [4.69, 9.17) is 5.73 Å². The maximum absolute atomic E-state index is 9.54. The maximum atomic E-state index is 9.54. The SMILES string of the molecule is CC(C)c1ccc(C(N)C2CCC(O)CC2)cc1. The van der Waals surface area contributed by atoms with Crippen LogP contribution >= 0.6 is 0 Å². The highest BCUT2D eigenvalue weighted by Gasteiger charge is 2.25. The van der Waals surface area contributed by atoms with Crippen molar-refractivity contribution in [2.75, 3.05) is 0 Å². The number of benzene rings is 1. The normalized spacial score (nSPS) is 26.3. The predicted molar refractivity (Wildman–Crippen MR) is 75.4 cm³/mol. The molecule has 1 atom stereocenters. The first-order valence-electron chi connectivity index (χ1n) is 7.11. The van der Waals surface area contributed by atoms with Crippen molar-refractivity contribution in [1.29, 1.82) is 0 Å². The van der Waals surface area contributed by atoms with Crippen molar-refractivity contribution in [3.8, 4) is 0 Å². The summed E-state index contributed by atoms with van der Waals surface area (Å²) in [5.41, 5.74) is 8.96. The molecule has 0 aromatic heterocycles. The minimum Gasteiger partial charge on any atom is -0.393 e. The van der Waals surface area contributed by atoms with E-state index in [0.717, 1.165) is 25.7 Å². The largest absolute Gasteiger partial charge is 0.393 e. The molecular weight excluding hydrogens is 222 g/mol. The van der Waals surface area contributed by atoms with Gasteiger partial charge in [-0.05, 0) is 48.6 Å². The summed E-state index contributed by atoms with van der Waals surface area (Å²) in [5.74, 6) is 1.10. The lowest BCUT2D eigenvalue weighted by molar-refractivity contribution is 0.102. The zero-order valence-corrected chi connectivity index (χ0v) is 11.5. The standard InChI is InChI=1S/C16H25NO/c1-11(2)12-3-5-13(6-4-12)16(17)14-7-9-15(18)10-8-14/h3-6,11,14-16,18H,7-10,17H2,1-2H3. The second-order valence-corrected chi connectivity index (χ2v) is 5.92. The zero-order valence-electron chi connectivity index (χ0n) is 11.5. The van der Waals surface area contributed by atoms with Crippen LogP contribution in [-0.2, 0) is 0 Å². The number of aliphatic hydroxyl groups excluding tert-OH is 1. The number of nitrogens with two attached hydrogens (primary N) is 1. The van der Waals surface area contributed by atoms with Gasteiger partial charge in [-0.15, -0.1) is 0 Å². The lowest BCUT2D eigenvalue weighted by atomic mass is 9.80. The highest BCUT2D eigenvalue weighted by atomic mass is 16.3. The van der Waals surface area contributed by atoms with Gasteiger partial charge in [-0.2, -0.15) is 0 Å². The van der Waals surface area contributed by atoms with Gasteiger partial charge in [0.25, 0.3) is 0 Å². The molecule has 3 N–H and O–H groups in total. The molecule has 1 aliphatic carbocycles. The fourth-order valence-electron chi connectivity index (χ4n) is 2.84. The van der Waals surface area contributed by atoms with Gasteiger partial charge >= 0.3 is 0 Å². The molecule has 0 saturated heterocycles. The molecule has 2 heteroatoms. The topological polar surface area (TPSA) is 46.2 Å². The molecule has 0 aliphatic heterocycles. The Morgan fingerprint density at radius 3 is 2.00 bits per heavy atom. The molecule has 0 radical (unpaired) electrons. The van der Waals surface area contributed by atoms with Crippen molar-refractivity contribution >= 4 is 0 Å². The second kappa shape index (κ2) is 5.85. The summed E-state index contributed by atoms with van der Waals surface area (Å²) in [6.45, 7) is 4.41. The molecule has 0 bridgehead atoms. The van der Waals surface area contributed by atoms with E-state index >= 15 is 0 Å². The Kier molecular flexibility index (Phi) is 4.41. The van der Waals surface area contributed by atoms with Gasteiger partial charge in [0.15, 0.2) is 0 Å². The Balaban J connectivity index is 2.02. The number of hydrogen-bond acceptors (Lipinski definition) is 2. The summed E-state index contributed by atoms with van der Waals surface area (Å²) in [6, 6.07) is 8.85. The Labute approximate surface area is 110 Å². The molecule has 1 saturated carbocycles. The van der Waals surface area contributed by atoms with Crippen LogP contribution in [0.5, 0.6) is 0 Å². The van der Waals surface area contributed by atoms with E-state index in [1.807, 2.05) is 0 Å². The molecule has 0 spiro atoms. The number of hydrogen-bond donors (Lipinski definition) is 2. The van der Waals surface area contributed by atoms with E-state index in [9.17, 15) is 5.11 Å². The summed E-state index contributed by atoms with van der Waals surface area (Å²) in [6.07, 6.45) is 3.81. The van der Waals surface area contributed by atoms with Gasteiger partial charge in [0.05, 0.1) is 6.10 Å². The van der Waals surface area contributed by atoms with Crippen LogP contribution in [0.4, 0.5) is 0 Å². The van der Waals surface area contributed by atoms with Crippen molar-refractivity contribution in [2.45, 2.75) is 57.6 Å². The molecule has 1 unspecified atom stereocenters. The van der Waals surface area contributed by atoms with E-state index in [2.05, 4.69) is 38.1 Å². The highest BCUT2D eigenvalue weighted by molar-refractivity contribution is 5.27. The van der Waals surface area contributed by atoms with Crippen molar-refractivity contribution in [3.05, 3.63) is 35.4 Å². The van der Waals surface area contributed by atoms with E-state index in [0.29, 0.717) is 11.8 Å². The van der Waals surface area contributed by atoms with Crippen LogP contribution in [0.25, 0.3) is 0 Å². The van der Waals surface area contributed by atoms with Crippen molar-refractivity contribution in [2.24, 2.45) is 11.7 Å². The lowest BCUT2D eigenvalue weighted by Crippen LogP contribution is -2.27. The third kappa shape index (κ3) is 3.12. The van der Waals surface area contributed by atoms with Crippen LogP contribution in [0.2, 0.25) is 0 Å². The van der Waals surface area contributed by atoms with Gasteiger partial charge in [0.2, 0.25) is 0 Å². The van der Waals surface area contributed by atoms with Crippen molar-refractivity contribution < 1.29 is 5.11 Å². The van der Waals surface area contributed by atoms with Gasteiger partial charge in [-0.3, -0.25) is 0 Å². The van der Waals surface area contributed by atoms with Crippen LogP contribution in [-0.4, -0.2) is 11.2 Å². The maximum Gasteiger partial charge on any atom is 0.0540 e. The Bertz CT molecular complexity index is 363. The average molecular weight is 247 g/mol. The van der Waals surface area contributed by atoms with Crippen LogP contribution in [0.15, 0.2) is 24.3 Å². The fourth-order valence-corrected chi connectivity index (χ4v) is 2.84. The first-order chi connectivity index (χ1) is 8.58. The molecule has 100 valence electrons. The summed E-state index contributed by atoms with van der Waals surface area (Å²) in [4.78, 5) is 0. The van der Waals surface area contributed by atoms with Gasteiger partial charge in [0, 0.05) is 6.04 Å². The molecular formula is C16H25NO. The molecule has 1 aromatic carbocycles. The first-order valence-corrected chi connectivity index (χ1v) is 7.11. The molecule has 1 aliphatic rings. The fraction of sp³-hybridized carbons (Fsp3) is 0.625. The van der Waals surface area contributed by atoms with Gasteiger partial charge in [0.1, 0.15) is 0 Å². The minimum absolute atomic E-state index is 0.100. The Hall–Kier alpha value is -0.860. The summed E-state index contributed by atoms with van der Waals surface area (Å²) in [7, 11) is 0. The minimum atomic E-state index is -0.100. The van der Waals surface area contributed by atoms with Crippen LogP contribution < -0.4 is 5.73 Å². The molecule has 2 rings (SSSR count). The van der Waals surface area contributed by atoms with Gasteiger partial charge < -0.3 is 10.8 Å². The van der Waals surface area contributed by atoms with E-state index in [-0.39, 0.29) is 12.1 Å². The second-order valence-electron chi connectivity index (χ2n) is 5.92. The zero-order chi connectivity index (χ0) is 13.1. The third-order valence-electron chi connectivity index (χ3n) is 4.24. The smallest absolute Gasteiger partial charge is 0.0540 e. The van der Waals surface area contributed by atoms with Crippen LogP contribution in [0.1, 0.15) is 62.6 Å². The summed E-state index contributed by atoms with van der Waals surface area (Å²) >= 11 is 0. The number of aliphatic hydroxyl groups is 1. The van der Waals surface area contributed by atoms with Gasteiger partial charge in [-0.25, -0.2) is 0 Å². The third-order valence-corrected chi connectivity index (χ3v) is 4.24. The number of rotatable bonds is 3. The van der Waals surface area contributed by atoms with Crippen molar-refractivity contribution in [3.63, 3.8) is 0 Å². The van der Waals surface area contributed by atoms with Crippen LogP contribution in [0, 0.1) is 5.92 Å². The van der Waals surface area contributed by atoms with E-state index < -0.39 is 0 Å². The highest BCUT2D eigenvalue weighted by Crippen LogP contribution is 2.33. The predicted octanol–water partition coefficient (Wildman–Crippen LogP) is 3.36. The quantitative estimate of drug-likeness (QED) is 0.860. The molecule has 2 nitrogen and oxygen atoms in total.